The number of rotatable bonds is 6. The SMILES string of the molecule is C#CCN1C(=O)C2C(c3coc4cc(C)c(Cl)cc4c3=O)NC(CCSC)(C(=O)O)C2C1=O. The fraction of sp³-hybridized carbons (Fsp3) is 0.391. The number of carboxylic acid groups (broad SMARTS) is 1. The molecule has 2 aromatic rings. The minimum Gasteiger partial charge on any atom is -0.480 e. The van der Waals surface area contributed by atoms with Gasteiger partial charge in [0.25, 0.3) is 0 Å². The van der Waals surface area contributed by atoms with Crippen LogP contribution in [0.3, 0.4) is 0 Å². The van der Waals surface area contributed by atoms with Gasteiger partial charge in [-0.15, -0.1) is 6.42 Å². The van der Waals surface area contributed by atoms with Gasteiger partial charge in [-0.05, 0) is 43.0 Å². The van der Waals surface area contributed by atoms with Crippen molar-refractivity contribution < 1.29 is 23.9 Å². The quantitative estimate of drug-likeness (QED) is 0.469. The molecule has 2 saturated heterocycles. The molecule has 4 unspecified atom stereocenters. The first-order valence-corrected chi connectivity index (χ1v) is 12.0. The summed E-state index contributed by atoms with van der Waals surface area (Å²) in [6.07, 6.45) is 8.46. The number of nitrogens with one attached hydrogen (secondary N) is 1. The standard InChI is InChI=1S/C23H21ClN2O6S/c1-4-6-26-20(28)16-17(21(26)29)23(22(30)31,5-7-33-3)25-18(16)13-10-32-15-8-11(2)14(24)9-12(15)19(13)27/h1,8-10,16-18,25H,5-7H2,2-3H3,(H,30,31). The molecule has 2 amide bonds. The van der Waals surface area contributed by atoms with E-state index in [1.807, 2.05) is 6.26 Å². The van der Waals surface area contributed by atoms with Gasteiger partial charge in [0.05, 0.1) is 41.6 Å². The number of likely N-dealkylation sites (tertiary alicyclic amines) is 1. The van der Waals surface area contributed by atoms with Crippen LogP contribution in [0.15, 0.2) is 27.6 Å². The molecule has 10 heteroatoms. The summed E-state index contributed by atoms with van der Waals surface area (Å²) in [6.45, 7) is 1.51. The molecule has 4 rings (SSSR count). The molecule has 3 heterocycles. The van der Waals surface area contributed by atoms with Crippen LogP contribution in [0.25, 0.3) is 11.0 Å². The molecule has 1 aromatic carbocycles. The molecular formula is C23H21ClN2O6S. The van der Waals surface area contributed by atoms with Crippen LogP contribution in [0, 0.1) is 31.1 Å². The molecule has 0 aliphatic carbocycles. The van der Waals surface area contributed by atoms with E-state index in [1.165, 1.54) is 24.1 Å². The lowest BCUT2D eigenvalue weighted by molar-refractivity contribution is -0.151. The van der Waals surface area contributed by atoms with Gasteiger partial charge in [-0.25, -0.2) is 0 Å². The van der Waals surface area contributed by atoms with Gasteiger partial charge in [0.1, 0.15) is 11.1 Å². The molecule has 2 aliphatic rings. The van der Waals surface area contributed by atoms with E-state index in [0.717, 1.165) is 10.5 Å². The fourth-order valence-corrected chi connectivity index (χ4v) is 5.54. The first-order valence-electron chi connectivity index (χ1n) is 10.2. The Bertz CT molecular complexity index is 1280. The van der Waals surface area contributed by atoms with Crippen LogP contribution in [-0.4, -0.2) is 51.9 Å². The molecule has 0 radical (unpaired) electrons. The van der Waals surface area contributed by atoms with E-state index < -0.39 is 46.6 Å². The van der Waals surface area contributed by atoms with E-state index in [0.29, 0.717) is 16.4 Å². The number of carboxylic acids is 1. The number of benzene rings is 1. The minimum absolute atomic E-state index is 0.0633. The molecule has 0 bridgehead atoms. The number of nitrogens with zero attached hydrogens (tertiary/aromatic N) is 1. The topological polar surface area (TPSA) is 117 Å². The molecular weight excluding hydrogens is 468 g/mol. The first kappa shape index (κ1) is 23.4. The monoisotopic (exact) mass is 488 g/mol. The zero-order valence-corrected chi connectivity index (χ0v) is 19.5. The normalized spacial score (nSPS) is 26.6. The van der Waals surface area contributed by atoms with Crippen molar-refractivity contribution >= 4 is 52.1 Å². The number of aryl methyl sites for hydroxylation is 1. The first-order chi connectivity index (χ1) is 15.7. The third-order valence-corrected chi connectivity index (χ3v) is 7.51. The Hall–Kier alpha value is -2.80. The number of carbonyl (C=O) groups excluding carboxylic acids is 2. The number of imide groups is 1. The van der Waals surface area contributed by atoms with E-state index in [9.17, 15) is 24.3 Å². The van der Waals surface area contributed by atoms with E-state index in [1.54, 1.807) is 13.0 Å². The van der Waals surface area contributed by atoms with Gasteiger partial charge < -0.3 is 9.52 Å². The average molecular weight is 489 g/mol. The van der Waals surface area contributed by atoms with Crippen molar-refractivity contribution in [3.8, 4) is 12.3 Å². The highest BCUT2D eigenvalue weighted by atomic mass is 35.5. The Morgan fingerprint density at radius 3 is 2.73 bits per heavy atom. The molecule has 2 aliphatic heterocycles. The summed E-state index contributed by atoms with van der Waals surface area (Å²) in [5, 5.41) is 13.8. The number of hydrogen-bond acceptors (Lipinski definition) is 7. The Morgan fingerprint density at radius 1 is 1.36 bits per heavy atom. The Morgan fingerprint density at radius 2 is 2.09 bits per heavy atom. The van der Waals surface area contributed by atoms with Gasteiger partial charge in [-0.2, -0.15) is 11.8 Å². The van der Waals surface area contributed by atoms with Gasteiger partial charge in [-0.3, -0.25) is 29.4 Å². The fourth-order valence-electron chi connectivity index (χ4n) is 4.85. The van der Waals surface area contributed by atoms with Crippen LogP contribution in [-0.2, 0) is 14.4 Å². The van der Waals surface area contributed by atoms with Crippen LogP contribution in [0.4, 0.5) is 0 Å². The van der Waals surface area contributed by atoms with Crippen molar-refractivity contribution in [3.05, 3.63) is 44.8 Å². The number of carbonyl (C=O) groups is 3. The number of aliphatic carboxylic acids is 1. The summed E-state index contributed by atoms with van der Waals surface area (Å²) in [6, 6.07) is 2.07. The molecule has 0 saturated carbocycles. The molecule has 8 nitrogen and oxygen atoms in total. The second-order valence-corrected chi connectivity index (χ2v) is 9.62. The number of halogens is 1. The van der Waals surface area contributed by atoms with E-state index in [-0.39, 0.29) is 23.9 Å². The zero-order valence-electron chi connectivity index (χ0n) is 17.9. The minimum atomic E-state index is -1.74. The van der Waals surface area contributed by atoms with Crippen LogP contribution in [0.1, 0.15) is 23.6 Å². The molecule has 1 aromatic heterocycles. The highest BCUT2D eigenvalue weighted by Crippen LogP contribution is 2.50. The summed E-state index contributed by atoms with van der Waals surface area (Å²) < 4.78 is 5.67. The largest absolute Gasteiger partial charge is 0.480 e. The summed E-state index contributed by atoms with van der Waals surface area (Å²) in [7, 11) is 0. The number of terminal acetylenes is 1. The number of hydrogen-bond donors (Lipinski definition) is 2. The van der Waals surface area contributed by atoms with Crippen molar-refractivity contribution in [2.75, 3.05) is 18.6 Å². The second kappa shape index (κ2) is 8.52. The Balaban J connectivity index is 1.91. The third-order valence-electron chi connectivity index (χ3n) is 6.49. The summed E-state index contributed by atoms with van der Waals surface area (Å²) in [5.41, 5.74) is -1.08. The van der Waals surface area contributed by atoms with Gasteiger partial charge in [0, 0.05) is 5.02 Å². The lowest BCUT2D eigenvalue weighted by atomic mass is 9.78. The van der Waals surface area contributed by atoms with Crippen molar-refractivity contribution in [2.45, 2.75) is 24.9 Å². The molecule has 33 heavy (non-hydrogen) atoms. The number of thioether (sulfide) groups is 1. The van der Waals surface area contributed by atoms with Crippen molar-refractivity contribution in [3.63, 3.8) is 0 Å². The number of amides is 2. The third kappa shape index (κ3) is 3.44. The Kier molecular flexibility index (Phi) is 6.03. The van der Waals surface area contributed by atoms with Crippen molar-refractivity contribution in [2.24, 2.45) is 11.8 Å². The van der Waals surface area contributed by atoms with Crippen molar-refractivity contribution in [1.29, 1.82) is 0 Å². The average Bonchev–Trinajstić information content (AvgIpc) is 3.24. The molecule has 0 spiro atoms. The van der Waals surface area contributed by atoms with Gasteiger partial charge >= 0.3 is 5.97 Å². The molecule has 172 valence electrons. The smallest absolute Gasteiger partial charge is 0.324 e. The summed E-state index contributed by atoms with van der Waals surface area (Å²) in [5.74, 6) is -2.12. The summed E-state index contributed by atoms with van der Waals surface area (Å²) >= 11 is 7.62. The Labute approximate surface area is 198 Å². The lowest BCUT2D eigenvalue weighted by Crippen LogP contribution is -2.56. The second-order valence-electron chi connectivity index (χ2n) is 8.23. The maximum absolute atomic E-state index is 13.4. The van der Waals surface area contributed by atoms with Crippen molar-refractivity contribution in [1.82, 2.24) is 10.2 Å². The van der Waals surface area contributed by atoms with Crippen LogP contribution < -0.4 is 10.7 Å². The van der Waals surface area contributed by atoms with Crippen LogP contribution >= 0.6 is 23.4 Å². The van der Waals surface area contributed by atoms with Gasteiger partial charge in [0.15, 0.2) is 5.43 Å². The van der Waals surface area contributed by atoms with Crippen LogP contribution in [0.5, 0.6) is 0 Å². The summed E-state index contributed by atoms with van der Waals surface area (Å²) in [4.78, 5) is 53.3. The lowest BCUT2D eigenvalue weighted by Gasteiger charge is -2.30. The predicted octanol–water partition coefficient (Wildman–Crippen LogP) is 2.21. The maximum Gasteiger partial charge on any atom is 0.324 e. The highest BCUT2D eigenvalue weighted by molar-refractivity contribution is 7.98. The predicted molar refractivity (Wildman–Crippen MR) is 124 cm³/mol. The van der Waals surface area contributed by atoms with Crippen LogP contribution in [0.2, 0.25) is 5.02 Å². The van der Waals surface area contributed by atoms with E-state index >= 15 is 0 Å². The number of fused-ring (bicyclic) bond motifs is 2. The molecule has 2 fully saturated rings. The zero-order chi connectivity index (χ0) is 24.1. The van der Waals surface area contributed by atoms with E-state index in [4.69, 9.17) is 22.4 Å². The van der Waals surface area contributed by atoms with E-state index in [2.05, 4.69) is 11.2 Å². The van der Waals surface area contributed by atoms with Gasteiger partial charge in [0.2, 0.25) is 11.8 Å². The molecule has 2 N–H and O–H groups in total. The maximum atomic E-state index is 13.4. The highest BCUT2D eigenvalue weighted by Gasteiger charge is 2.68. The van der Waals surface area contributed by atoms with Gasteiger partial charge in [-0.1, -0.05) is 17.5 Å². The molecule has 4 atom stereocenters.